The largest absolute Gasteiger partial charge is 0.369 e. The average Bonchev–Trinajstić information content (AvgIpc) is 2.62. The fraction of sp³-hybridized carbons (Fsp3) is 0.222. The Hall–Kier alpha value is -3.02. The smallest absolute Gasteiger partial charge is 0.269 e. The Bertz CT molecular complexity index is 863. The molecule has 0 bridgehead atoms. The topological polar surface area (TPSA) is 81.0 Å². The number of anilines is 1. The van der Waals surface area contributed by atoms with Crippen LogP contribution >= 0.6 is 0 Å². The van der Waals surface area contributed by atoms with Crippen molar-refractivity contribution in [1.82, 2.24) is 9.97 Å². The second-order valence-corrected chi connectivity index (χ2v) is 5.50. The van der Waals surface area contributed by atoms with Crippen molar-refractivity contribution in [2.75, 3.05) is 11.9 Å². The van der Waals surface area contributed by atoms with Gasteiger partial charge in [-0.1, -0.05) is 25.5 Å². The number of nitrogens with one attached hydrogen (secondary N) is 1. The minimum Gasteiger partial charge on any atom is -0.369 e. The Balaban J connectivity index is 2.02. The molecule has 0 aliphatic rings. The first-order valence-electron chi connectivity index (χ1n) is 7.94. The van der Waals surface area contributed by atoms with Crippen LogP contribution < -0.4 is 5.32 Å². The Labute approximate surface area is 139 Å². The summed E-state index contributed by atoms with van der Waals surface area (Å²) in [6.45, 7) is 2.99. The third kappa shape index (κ3) is 3.32. The molecule has 1 aromatic heterocycles. The monoisotopic (exact) mass is 322 g/mol. The number of hydrogen-bond acceptors (Lipinski definition) is 5. The van der Waals surface area contributed by atoms with Gasteiger partial charge in [-0.15, -0.1) is 0 Å². The van der Waals surface area contributed by atoms with Gasteiger partial charge in [0, 0.05) is 29.6 Å². The third-order valence-electron chi connectivity index (χ3n) is 3.76. The van der Waals surface area contributed by atoms with Gasteiger partial charge in [0.15, 0.2) is 5.82 Å². The zero-order chi connectivity index (χ0) is 16.9. The van der Waals surface area contributed by atoms with Crippen LogP contribution in [-0.2, 0) is 0 Å². The molecular formula is C18H18N4O2. The highest BCUT2D eigenvalue weighted by atomic mass is 16.6. The van der Waals surface area contributed by atoms with Crippen molar-refractivity contribution in [3.8, 4) is 11.4 Å². The molecule has 3 rings (SSSR count). The molecule has 0 fully saturated rings. The highest BCUT2D eigenvalue weighted by molar-refractivity contribution is 5.90. The number of nitrogens with zero attached hydrogens (tertiary/aromatic N) is 3. The summed E-state index contributed by atoms with van der Waals surface area (Å²) >= 11 is 0. The molecule has 0 aliphatic heterocycles. The van der Waals surface area contributed by atoms with Gasteiger partial charge in [-0.3, -0.25) is 10.1 Å². The number of non-ortho nitro benzene ring substituents is 1. The standard InChI is InChI=1S/C18H18N4O2/c1-2-3-12-19-18-15-6-4-5-7-16(15)20-17(21-18)13-8-10-14(11-9-13)22(23)24/h4-11H,2-3,12H2,1H3,(H,19,20,21). The van der Waals surface area contributed by atoms with Crippen LogP contribution in [0.3, 0.4) is 0 Å². The van der Waals surface area contributed by atoms with E-state index in [1.165, 1.54) is 12.1 Å². The van der Waals surface area contributed by atoms with Crippen LogP contribution in [0.25, 0.3) is 22.3 Å². The van der Waals surface area contributed by atoms with Gasteiger partial charge in [0.1, 0.15) is 5.82 Å². The molecule has 122 valence electrons. The lowest BCUT2D eigenvalue weighted by Gasteiger charge is -2.10. The number of hydrogen-bond donors (Lipinski definition) is 1. The van der Waals surface area contributed by atoms with E-state index in [-0.39, 0.29) is 5.69 Å². The predicted molar refractivity (Wildman–Crippen MR) is 95.0 cm³/mol. The first kappa shape index (κ1) is 15.9. The fourth-order valence-corrected chi connectivity index (χ4v) is 2.46. The van der Waals surface area contributed by atoms with Crippen molar-refractivity contribution in [2.45, 2.75) is 19.8 Å². The molecule has 0 atom stereocenters. The van der Waals surface area contributed by atoms with Crippen molar-refractivity contribution in [3.05, 3.63) is 58.6 Å². The van der Waals surface area contributed by atoms with Gasteiger partial charge in [0.05, 0.1) is 10.4 Å². The van der Waals surface area contributed by atoms with Crippen LogP contribution in [0.4, 0.5) is 11.5 Å². The van der Waals surface area contributed by atoms with Gasteiger partial charge in [-0.05, 0) is 30.7 Å². The van der Waals surface area contributed by atoms with Crippen LogP contribution in [0.5, 0.6) is 0 Å². The van der Waals surface area contributed by atoms with Gasteiger partial charge >= 0.3 is 0 Å². The lowest BCUT2D eigenvalue weighted by molar-refractivity contribution is -0.384. The average molecular weight is 322 g/mol. The van der Waals surface area contributed by atoms with E-state index in [1.54, 1.807) is 12.1 Å². The van der Waals surface area contributed by atoms with E-state index in [1.807, 2.05) is 24.3 Å². The number of nitro benzene ring substituents is 1. The van der Waals surface area contributed by atoms with E-state index in [0.29, 0.717) is 5.82 Å². The third-order valence-corrected chi connectivity index (χ3v) is 3.76. The van der Waals surface area contributed by atoms with Crippen molar-refractivity contribution >= 4 is 22.4 Å². The number of rotatable bonds is 6. The molecular weight excluding hydrogens is 304 g/mol. The number of benzene rings is 2. The maximum atomic E-state index is 10.8. The second-order valence-electron chi connectivity index (χ2n) is 5.50. The van der Waals surface area contributed by atoms with Crippen molar-refractivity contribution in [1.29, 1.82) is 0 Å². The van der Waals surface area contributed by atoms with Crippen molar-refractivity contribution in [3.63, 3.8) is 0 Å². The fourth-order valence-electron chi connectivity index (χ4n) is 2.46. The summed E-state index contributed by atoms with van der Waals surface area (Å²) in [7, 11) is 0. The second kappa shape index (κ2) is 7.04. The molecule has 0 amide bonds. The van der Waals surface area contributed by atoms with Gasteiger partial charge in [-0.25, -0.2) is 9.97 Å². The Morgan fingerprint density at radius 2 is 1.83 bits per heavy atom. The molecule has 0 spiro atoms. The van der Waals surface area contributed by atoms with E-state index in [2.05, 4.69) is 22.2 Å². The van der Waals surface area contributed by atoms with Crippen LogP contribution in [0.15, 0.2) is 48.5 Å². The number of nitro groups is 1. The summed E-state index contributed by atoms with van der Waals surface area (Å²) < 4.78 is 0. The van der Waals surface area contributed by atoms with E-state index >= 15 is 0 Å². The van der Waals surface area contributed by atoms with Gasteiger partial charge < -0.3 is 5.32 Å². The highest BCUT2D eigenvalue weighted by Gasteiger charge is 2.11. The van der Waals surface area contributed by atoms with Crippen molar-refractivity contribution < 1.29 is 4.92 Å². The van der Waals surface area contributed by atoms with Crippen LogP contribution in [-0.4, -0.2) is 21.4 Å². The van der Waals surface area contributed by atoms with Crippen LogP contribution in [0.1, 0.15) is 19.8 Å². The molecule has 1 N–H and O–H groups in total. The van der Waals surface area contributed by atoms with Crippen LogP contribution in [0.2, 0.25) is 0 Å². The maximum Gasteiger partial charge on any atom is 0.269 e. The Morgan fingerprint density at radius 3 is 2.54 bits per heavy atom. The first-order valence-corrected chi connectivity index (χ1v) is 7.94. The predicted octanol–water partition coefficient (Wildman–Crippen LogP) is 4.42. The molecule has 0 saturated carbocycles. The Morgan fingerprint density at radius 1 is 1.08 bits per heavy atom. The lowest BCUT2D eigenvalue weighted by atomic mass is 10.1. The van der Waals surface area contributed by atoms with Gasteiger partial charge in [0.25, 0.3) is 5.69 Å². The number of para-hydroxylation sites is 1. The SMILES string of the molecule is CCCCNc1nc(-c2ccc([N+](=O)[O-])cc2)nc2ccccc12. The van der Waals surface area contributed by atoms with E-state index < -0.39 is 4.92 Å². The van der Waals surface area contributed by atoms with E-state index in [0.717, 1.165) is 41.7 Å². The summed E-state index contributed by atoms with van der Waals surface area (Å²) in [5.41, 5.74) is 1.66. The molecule has 24 heavy (non-hydrogen) atoms. The normalized spacial score (nSPS) is 10.7. The first-order chi connectivity index (χ1) is 11.7. The molecule has 0 radical (unpaired) electrons. The zero-order valence-corrected chi connectivity index (χ0v) is 13.4. The minimum atomic E-state index is -0.414. The number of fused-ring (bicyclic) bond motifs is 1. The molecule has 6 heteroatoms. The molecule has 3 aromatic rings. The van der Waals surface area contributed by atoms with Gasteiger partial charge in [-0.2, -0.15) is 0 Å². The zero-order valence-electron chi connectivity index (χ0n) is 13.4. The quantitative estimate of drug-likeness (QED) is 0.413. The summed E-state index contributed by atoms with van der Waals surface area (Å²) in [5, 5.41) is 15.1. The number of unbranched alkanes of at least 4 members (excludes halogenated alkanes) is 1. The summed E-state index contributed by atoms with van der Waals surface area (Å²) in [5.74, 6) is 1.35. The van der Waals surface area contributed by atoms with Crippen molar-refractivity contribution in [2.24, 2.45) is 0 Å². The molecule has 0 aliphatic carbocycles. The molecule has 0 saturated heterocycles. The summed E-state index contributed by atoms with van der Waals surface area (Å²) in [4.78, 5) is 19.6. The Kier molecular flexibility index (Phi) is 4.65. The minimum absolute atomic E-state index is 0.0563. The molecule has 0 unspecified atom stereocenters. The van der Waals surface area contributed by atoms with E-state index in [9.17, 15) is 10.1 Å². The molecule has 1 heterocycles. The lowest BCUT2D eigenvalue weighted by Crippen LogP contribution is -2.05. The molecule has 2 aromatic carbocycles. The van der Waals surface area contributed by atoms with E-state index in [4.69, 9.17) is 0 Å². The molecule has 6 nitrogen and oxygen atoms in total. The number of aromatic nitrogens is 2. The highest BCUT2D eigenvalue weighted by Crippen LogP contribution is 2.26. The summed E-state index contributed by atoms with van der Waals surface area (Å²) in [6, 6.07) is 14.1. The van der Waals surface area contributed by atoms with Crippen LogP contribution in [0, 0.1) is 10.1 Å². The maximum absolute atomic E-state index is 10.8. The van der Waals surface area contributed by atoms with Gasteiger partial charge in [0.2, 0.25) is 0 Å². The summed E-state index contributed by atoms with van der Waals surface area (Å²) in [6.07, 6.45) is 2.16.